The molecule has 0 radical (unpaired) electrons. The second-order valence-electron chi connectivity index (χ2n) is 13.5. The molecule has 0 fully saturated rings. The van der Waals surface area contributed by atoms with Gasteiger partial charge in [0.1, 0.15) is 22.5 Å². The molecule has 2 aromatic heterocycles. The molecule has 0 aliphatic heterocycles. The van der Waals surface area contributed by atoms with Crippen LogP contribution in [0.4, 0.5) is 21.0 Å². The van der Waals surface area contributed by atoms with Crippen molar-refractivity contribution in [3.05, 3.63) is 156 Å². The van der Waals surface area contributed by atoms with Gasteiger partial charge in [-0.25, -0.2) is 35.9 Å². The van der Waals surface area contributed by atoms with Crippen LogP contribution in [0.25, 0.3) is 22.5 Å². The summed E-state index contributed by atoms with van der Waals surface area (Å²) in [5.74, 6) is -4.51. The number of rotatable bonds is 10. The second-order valence-corrected chi connectivity index (χ2v) is 16.9. The highest BCUT2D eigenvalue weighted by atomic mass is 32.2. The van der Waals surface area contributed by atoms with Crippen molar-refractivity contribution in [2.75, 3.05) is 10.6 Å². The third-order valence-corrected chi connectivity index (χ3v) is 11.9. The molecule has 18 nitrogen and oxygen atoms in total. The number of nitrogens with zero attached hydrogens (tertiary/aromatic N) is 4. The van der Waals surface area contributed by atoms with Crippen LogP contribution in [-0.2, 0) is 20.0 Å². The quantitative estimate of drug-likeness (QED) is 0.0947. The highest BCUT2D eigenvalue weighted by Crippen LogP contribution is 2.33. The van der Waals surface area contributed by atoms with Gasteiger partial charge in [0.25, 0.3) is 31.9 Å². The van der Waals surface area contributed by atoms with Gasteiger partial charge in [0, 0.05) is 22.5 Å². The van der Waals surface area contributed by atoms with Gasteiger partial charge in [-0.15, -0.1) is 9.36 Å². The molecule has 7 aromatic rings. The monoisotopic (exact) mass is 874 g/mol. The minimum atomic E-state index is -4.43. The summed E-state index contributed by atoms with van der Waals surface area (Å²) < 4.78 is 57.0. The molecule has 4 amide bonds. The van der Waals surface area contributed by atoms with Crippen LogP contribution < -0.4 is 20.1 Å². The van der Waals surface area contributed by atoms with Crippen molar-refractivity contribution in [3.8, 4) is 34.3 Å². The smallest absolute Gasteiger partial charge is 0.349 e. The molecule has 0 bridgehead atoms. The van der Waals surface area contributed by atoms with E-state index in [1.165, 1.54) is 78.9 Å². The maximum Gasteiger partial charge on any atom is 0.349 e. The fraction of sp³-hybridized carbons (Fsp3) is 0.0476. The van der Waals surface area contributed by atoms with Gasteiger partial charge >= 0.3 is 12.1 Å². The Bertz CT molecular complexity index is 3100. The average molecular weight is 875 g/mol. The molecule has 314 valence electrons. The lowest BCUT2D eigenvalue weighted by Gasteiger charge is -2.12. The summed E-state index contributed by atoms with van der Waals surface area (Å²) >= 11 is 0. The Morgan fingerprint density at radius 2 is 0.952 bits per heavy atom. The molecule has 62 heavy (non-hydrogen) atoms. The van der Waals surface area contributed by atoms with Gasteiger partial charge in [-0.3, -0.25) is 9.59 Å². The number of nitrogens with one attached hydrogen (secondary N) is 4. The minimum Gasteiger partial charge on any atom is -0.492 e. The number of benzene rings is 5. The zero-order valence-corrected chi connectivity index (χ0v) is 34.1. The predicted octanol–water partition coefficient (Wildman–Crippen LogP) is 5.84. The molecule has 0 unspecified atom stereocenters. The normalized spacial score (nSPS) is 11.4. The summed E-state index contributed by atoms with van der Waals surface area (Å²) in [6.07, 6.45) is 0. The van der Waals surface area contributed by atoms with Gasteiger partial charge in [0.15, 0.2) is 0 Å². The zero-order valence-electron chi connectivity index (χ0n) is 32.5. The van der Waals surface area contributed by atoms with Crippen LogP contribution in [-0.4, -0.2) is 70.5 Å². The Balaban J connectivity index is 1.16. The molecule has 0 spiro atoms. The Hall–Kier alpha value is -8.10. The lowest BCUT2D eigenvalue weighted by atomic mass is 10.1. The lowest BCUT2D eigenvalue weighted by molar-refractivity contribution is 0.0969. The summed E-state index contributed by atoms with van der Waals surface area (Å²) in [6, 6.07) is 30.7. The molecule has 0 saturated heterocycles. The molecule has 20 heteroatoms. The molecule has 0 atom stereocenters. The molecule has 6 N–H and O–H groups in total. The van der Waals surface area contributed by atoms with Crippen molar-refractivity contribution >= 4 is 55.3 Å². The fourth-order valence-corrected chi connectivity index (χ4v) is 8.01. The van der Waals surface area contributed by atoms with Crippen molar-refractivity contribution < 1.29 is 46.2 Å². The van der Waals surface area contributed by atoms with Crippen molar-refractivity contribution in [1.29, 1.82) is 0 Å². The van der Waals surface area contributed by atoms with Crippen LogP contribution in [0.1, 0.15) is 31.8 Å². The summed E-state index contributed by atoms with van der Waals surface area (Å²) in [7, 11) is -8.84. The first-order chi connectivity index (χ1) is 29.5. The van der Waals surface area contributed by atoms with Gasteiger partial charge in [0.05, 0.1) is 9.79 Å². The van der Waals surface area contributed by atoms with Crippen molar-refractivity contribution in [2.24, 2.45) is 0 Å². The molecular formula is C42H34N8O10S2. The number of sulfonamides is 2. The van der Waals surface area contributed by atoms with E-state index >= 15 is 0 Å². The molecule has 7 rings (SSSR count). The van der Waals surface area contributed by atoms with E-state index in [9.17, 15) is 46.2 Å². The number of hydrogen-bond donors (Lipinski definition) is 6. The van der Waals surface area contributed by atoms with Gasteiger partial charge in [-0.2, -0.15) is 10.2 Å². The van der Waals surface area contributed by atoms with Crippen molar-refractivity contribution in [1.82, 2.24) is 29.0 Å². The summed E-state index contributed by atoms with van der Waals surface area (Å²) in [6.45, 7) is 3.36. The molecule has 5 aromatic carbocycles. The molecule has 0 aliphatic rings. The van der Waals surface area contributed by atoms with Crippen LogP contribution in [0, 0.1) is 13.8 Å². The standard InChI is InChI=1S/C42H34N8O10S2/c1-25-18-22-31(23-19-25)62(59,60)48-38(52)33-35(27-12-6-3-7-13-27)45-49(39(33)53)41(55)43-29-21-20-26(2)32(24-29)44-42(56)50-40(54)34(36(46-50)28-14-8-4-9-15-28)37(51)47-61(57,58)30-16-10-5-11-17-30/h3-24,53-54H,1-2H3,(H,43,55)(H,44,56)(H,47,51)(H,48,52). The van der Waals surface area contributed by atoms with Crippen LogP contribution in [0.3, 0.4) is 0 Å². The predicted molar refractivity (Wildman–Crippen MR) is 226 cm³/mol. The fourth-order valence-electron chi connectivity index (χ4n) is 6.08. The Morgan fingerprint density at radius 1 is 0.532 bits per heavy atom. The van der Waals surface area contributed by atoms with Gasteiger partial charge < -0.3 is 20.8 Å². The largest absolute Gasteiger partial charge is 0.492 e. The van der Waals surface area contributed by atoms with Crippen molar-refractivity contribution in [3.63, 3.8) is 0 Å². The molecule has 0 aliphatic carbocycles. The first-order valence-corrected chi connectivity index (χ1v) is 21.2. The van der Waals surface area contributed by atoms with Gasteiger partial charge in [-0.1, -0.05) is 103 Å². The number of carbonyl (C=O) groups excluding carboxylic acids is 4. The van der Waals surface area contributed by atoms with Crippen LogP contribution >= 0.6 is 0 Å². The molecule has 2 heterocycles. The first kappa shape index (κ1) is 42.0. The van der Waals surface area contributed by atoms with E-state index in [1.807, 2.05) is 9.44 Å². The number of aromatic hydroxyl groups is 2. The maximum absolute atomic E-state index is 13.7. The number of aryl methyl sites for hydroxylation is 2. The number of carbonyl (C=O) groups is 4. The molecule has 0 saturated carbocycles. The Morgan fingerprint density at radius 3 is 1.42 bits per heavy atom. The number of aromatic nitrogens is 4. The van der Waals surface area contributed by atoms with E-state index in [-0.39, 0.29) is 43.7 Å². The number of anilines is 2. The highest BCUT2D eigenvalue weighted by Gasteiger charge is 2.32. The van der Waals surface area contributed by atoms with E-state index in [2.05, 4.69) is 20.8 Å². The van der Waals surface area contributed by atoms with Crippen molar-refractivity contribution in [2.45, 2.75) is 23.6 Å². The highest BCUT2D eigenvalue weighted by molar-refractivity contribution is 7.90. The Labute approximate surface area is 353 Å². The van der Waals surface area contributed by atoms with Gasteiger partial charge in [-0.05, 0) is 55.8 Å². The Kier molecular flexibility index (Phi) is 11.4. The zero-order chi connectivity index (χ0) is 44.3. The number of amides is 4. The SMILES string of the molecule is Cc1ccc(S(=O)(=O)NC(=O)c2c(-c3ccccc3)nn(C(=O)Nc3ccc(C)c(NC(=O)n4nc(-c5ccccc5)c(C(=O)NS(=O)(=O)c5ccccc5)c4O)c3)c2O)cc1. The average Bonchev–Trinajstić information content (AvgIpc) is 3.79. The minimum absolute atomic E-state index is 0.0286. The second kappa shape index (κ2) is 16.9. The lowest BCUT2D eigenvalue weighted by Crippen LogP contribution is -2.31. The van der Waals surface area contributed by atoms with Gasteiger partial charge in [0.2, 0.25) is 11.8 Å². The summed E-state index contributed by atoms with van der Waals surface area (Å²) in [5.41, 5.74) is 0.195. The third-order valence-electron chi connectivity index (χ3n) is 9.22. The van der Waals surface area contributed by atoms with E-state index in [0.717, 1.165) is 5.56 Å². The van der Waals surface area contributed by atoms with Crippen LogP contribution in [0.15, 0.2) is 143 Å². The molecular weight excluding hydrogens is 841 g/mol. The van der Waals surface area contributed by atoms with Crippen LogP contribution in [0.5, 0.6) is 11.8 Å². The third kappa shape index (κ3) is 8.62. The maximum atomic E-state index is 13.7. The topological polar surface area (TPSA) is 261 Å². The van der Waals surface area contributed by atoms with E-state index in [0.29, 0.717) is 14.9 Å². The van der Waals surface area contributed by atoms with Crippen LogP contribution in [0.2, 0.25) is 0 Å². The first-order valence-electron chi connectivity index (χ1n) is 18.3. The van der Waals surface area contributed by atoms with E-state index in [4.69, 9.17) is 0 Å². The van der Waals surface area contributed by atoms with E-state index < -0.39 is 66.8 Å². The number of hydrogen-bond acceptors (Lipinski definition) is 12. The summed E-state index contributed by atoms with van der Waals surface area (Å²) in [4.78, 5) is 54.0. The van der Waals surface area contributed by atoms with E-state index in [1.54, 1.807) is 68.4 Å². The summed E-state index contributed by atoms with van der Waals surface area (Å²) in [5, 5.41) is 35.9.